The van der Waals surface area contributed by atoms with E-state index in [-0.39, 0.29) is 0 Å². The third-order valence-corrected chi connectivity index (χ3v) is 5.04. The standard InChI is InChI=1S/C22H18N2S/c1-2-9-17(10-3-1)11-8-16-23-19-13-5-4-12-18(19)22-24-20-14-6-7-15-21(20)25-22/h1-15,23H,16H2/b11-8+. The van der Waals surface area contributed by atoms with Crippen LogP contribution in [0, 0.1) is 0 Å². The van der Waals surface area contributed by atoms with E-state index in [1.165, 1.54) is 10.3 Å². The zero-order chi connectivity index (χ0) is 16.9. The maximum atomic E-state index is 4.78. The van der Waals surface area contributed by atoms with Crippen molar-refractivity contribution in [2.75, 3.05) is 11.9 Å². The van der Waals surface area contributed by atoms with Gasteiger partial charge >= 0.3 is 0 Å². The molecule has 0 aliphatic carbocycles. The molecule has 3 heteroatoms. The highest BCUT2D eigenvalue weighted by Gasteiger charge is 2.09. The Kier molecular flexibility index (Phi) is 4.57. The number of aromatic nitrogens is 1. The number of benzene rings is 3. The molecule has 0 atom stereocenters. The molecule has 122 valence electrons. The van der Waals surface area contributed by atoms with Crippen molar-refractivity contribution in [3.8, 4) is 10.6 Å². The van der Waals surface area contributed by atoms with Crippen molar-refractivity contribution in [3.05, 3.63) is 90.5 Å². The first-order chi connectivity index (χ1) is 12.4. The Morgan fingerprint density at radius 2 is 1.60 bits per heavy atom. The van der Waals surface area contributed by atoms with Crippen molar-refractivity contribution >= 4 is 33.3 Å². The molecule has 1 aromatic heterocycles. The molecule has 0 unspecified atom stereocenters. The maximum Gasteiger partial charge on any atom is 0.126 e. The van der Waals surface area contributed by atoms with Crippen LogP contribution in [0.2, 0.25) is 0 Å². The molecule has 3 aromatic carbocycles. The highest BCUT2D eigenvalue weighted by Crippen LogP contribution is 2.34. The lowest BCUT2D eigenvalue weighted by molar-refractivity contribution is 1.34. The van der Waals surface area contributed by atoms with Crippen LogP contribution in [0.25, 0.3) is 26.9 Å². The predicted molar refractivity (Wildman–Crippen MR) is 109 cm³/mol. The van der Waals surface area contributed by atoms with E-state index in [0.29, 0.717) is 0 Å². The SMILES string of the molecule is C(=C\c1ccccc1)/CNc1ccccc1-c1nc2ccccc2s1. The first-order valence-corrected chi connectivity index (χ1v) is 9.12. The second-order valence-corrected chi connectivity index (χ2v) is 6.76. The number of hydrogen-bond acceptors (Lipinski definition) is 3. The fourth-order valence-corrected chi connectivity index (χ4v) is 3.74. The van der Waals surface area contributed by atoms with E-state index < -0.39 is 0 Å². The van der Waals surface area contributed by atoms with Crippen molar-refractivity contribution in [2.24, 2.45) is 0 Å². The minimum absolute atomic E-state index is 0.775. The van der Waals surface area contributed by atoms with Crippen molar-refractivity contribution in [1.29, 1.82) is 0 Å². The van der Waals surface area contributed by atoms with E-state index in [9.17, 15) is 0 Å². The fourth-order valence-electron chi connectivity index (χ4n) is 2.74. The molecule has 0 spiro atoms. The lowest BCUT2D eigenvalue weighted by Gasteiger charge is -2.08. The highest BCUT2D eigenvalue weighted by molar-refractivity contribution is 7.21. The first-order valence-electron chi connectivity index (χ1n) is 8.30. The molecule has 0 saturated carbocycles. The summed E-state index contributed by atoms with van der Waals surface area (Å²) in [4.78, 5) is 4.78. The minimum Gasteiger partial charge on any atom is -0.381 e. The number of fused-ring (bicyclic) bond motifs is 1. The Morgan fingerprint density at radius 3 is 2.48 bits per heavy atom. The van der Waals surface area contributed by atoms with E-state index in [1.54, 1.807) is 11.3 Å². The molecule has 1 heterocycles. The number of nitrogens with zero attached hydrogens (tertiary/aromatic N) is 1. The Balaban J connectivity index is 1.54. The Morgan fingerprint density at radius 1 is 0.840 bits per heavy atom. The van der Waals surface area contributed by atoms with Gasteiger partial charge in [-0.25, -0.2) is 4.98 Å². The molecule has 4 aromatic rings. The molecule has 25 heavy (non-hydrogen) atoms. The van der Waals surface area contributed by atoms with Crippen LogP contribution in [0.3, 0.4) is 0 Å². The summed E-state index contributed by atoms with van der Waals surface area (Å²) >= 11 is 1.73. The molecule has 0 aliphatic rings. The number of thiazole rings is 1. The summed E-state index contributed by atoms with van der Waals surface area (Å²) in [6.45, 7) is 0.775. The first kappa shape index (κ1) is 15.6. The molecule has 0 saturated heterocycles. The number of hydrogen-bond donors (Lipinski definition) is 1. The highest BCUT2D eigenvalue weighted by atomic mass is 32.1. The lowest BCUT2D eigenvalue weighted by atomic mass is 10.2. The van der Waals surface area contributed by atoms with Gasteiger partial charge in [0.15, 0.2) is 0 Å². The molecule has 0 amide bonds. The molecule has 4 rings (SSSR count). The molecule has 0 fully saturated rings. The van der Waals surface area contributed by atoms with Gasteiger partial charge in [-0.2, -0.15) is 0 Å². The summed E-state index contributed by atoms with van der Waals surface area (Å²) in [5, 5.41) is 4.56. The smallest absolute Gasteiger partial charge is 0.126 e. The van der Waals surface area contributed by atoms with Gasteiger partial charge in [-0.1, -0.05) is 66.7 Å². The zero-order valence-electron chi connectivity index (χ0n) is 13.7. The molecule has 1 N–H and O–H groups in total. The van der Waals surface area contributed by atoms with E-state index in [0.717, 1.165) is 28.3 Å². The third kappa shape index (κ3) is 3.62. The zero-order valence-corrected chi connectivity index (χ0v) is 14.5. The van der Waals surface area contributed by atoms with Crippen LogP contribution in [0.15, 0.2) is 84.9 Å². The molecule has 0 bridgehead atoms. The molecule has 0 radical (unpaired) electrons. The summed E-state index contributed by atoms with van der Waals surface area (Å²) in [6, 6.07) is 27.0. The monoisotopic (exact) mass is 342 g/mol. The van der Waals surface area contributed by atoms with Gasteiger partial charge in [0.1, 0.15) is 5.01 Å². The average Bonchev–Trinajstić information content (AvgIpc) is 3.10. The van der Waals surface area contributed by atoms with Gasteiger partial charge in [0.2, 0.25) is 0 Å². The summed E-state index contributed by atoms with van der Waals surface area (Å²) in [5.41, 5.74) is 4.53. The molecular weight excluding hydrogens is 324 g/mol. The van der Waals surface area contributed by atoms with Crippen LogP contribution in [0.1, 0.15) is 5.56 Å². The van der Waals surface area contributed by atoms with E-state index in [2.05, 4.69) is 84.2 Å². The van der Waals surface area contributed by atoms with Gasteiger partial charge in [-0.3, -0.25) is 0 Å². The summed E-state index contributed by atoms with van der Waals surface area (Å²) in [5.74, 6) is 0. The molecular formula is C22H18N2S. The summed E-state index contributed by atoms with van der Waals surface area (Å²) < 4.78 is 1.22. The second kappa shape index (κ2) is 7.32. The fraction of sp³-hybridized carbons (Fsp3) is 0.0455. The topological polar surface area (TPSA) is 24.9 Å². The number of para-hydroxylation sites is 2. The largest absolute Gasteiger partial charge is 0.381 e. The van der Waals surface area contributed by atoms with Crippen LogP contribution in [0.4, 0.5) is 5.69 Å². The Bertz CT molecular complexity index is 970. The maximum absolute atomic E-state index is 4.78. The van der Waals surface area contributed by atoms with E-state index >= 15 is 0 Å². The lowest BCUT2D eigenvalue weighted by Crippen LogP contribution is -1.99. The van der Waals surface area contributed by atoms with Crippen LogP contribution in [-0.4, -0.2) is 11.5 Å². The average molecular weight is 342 g/mol. The quantitative estimate of drug-likeness (QED) is 0.475. The van der Waals surface area contributed by atoms with Gasteiger partial charge in [-0.15, -0.1) is 11.3 Å². The van der Waals surface area contributed by atoms with Gasteiger partial charge in [0, 0.05) is 17.8 Å². The normalized spacial score (nSPS) is 11.2. The van der Waals surface area contributed by atoms with Crippen LogP contribution in [-0.2, 0) is 0 Å². The third-order valence-electron chi connectivity index (χ3n) is 3.97. The van der Waals surface area contributed by atoms with E-state index in [4.69, 9.17) is 4.98 Å². The van der Waals surface area contributed by atoms with Crippen molar-refractivity contribution in [2.45, 2.75) is 0 Å². The van der Waals surface area contributed by atoms with Crippen LogP contribution in [0.5, 0.6) is 0 Å². The summed E-state index contributed by atoms with van der Waals surface area (Å²) in [6.07, 6.45) is 4.28. The van der Waals surface area contributed by atoms with Crippen molar-refractivity contribution in [1.82, 2.24) is 4.98 Å². The van der Waals surface area contributed by atoms with Gasteiger partial charge in [0.25, 0.3) is 0 Å². The number of rotatable bonds is 5. The summed E-state index contributed by atoms with van der Waals surface area (Å²) in [7, 11) is 0. The Labute approximate surface area is 151 Å². The van der Waals surface area contributed by atoms with Gasteiger partial charge in [0.05, 0.1) is 10.2 Å². The molecule has 2 nitrogen and oxygen atoms in total. The molecule has 0 aliphatic heterocycles. The van der Waals surface area contributed by atoms with Crippen LogP contribution >= 0.6 is 11.3 Å². The number of anilines is 1. The van der Waals surface area contributed by atoms with Gasteiger partial charge < -0.3 is 5.32 Å². The van der Waals surface area contributed by atoms with Gasteiger partial charge in [-0.05, 0) is 29.8 Å². The van der Waals surface area contributed by atoms with E-state index in [1.807, 2.05) is 12.1 Å². The second-order valence-electron chi connectivity index (χ2n) is 5.73. The van der Waals surface area contributed by atoms with Crippen LogP contribution < -0.4 is 5.32 Å². The predicted octanol–water partition coefficient (Wildman–Crippen LogP) is 6.09. The minimum atomic E-state index is 0.775. The number of nitrogens with one attached hydrogen (secondary N) is 1. The van der Waals surface area contributed by atoms with Crippen molar-refractivity contribution < 1.29 is 0 Å². The Hall–Kier alpha value is -2.91. The van der Waals surface area contributed by atoms with Crippen molar-refractivity contribution in [3.63, 3.8) is 0 Å².